The number of hydrogen-bond acceptors (Lipinski definition) is 2. The molecule has 0 heterocycles. The molecule has 0 spiro atoms. The molecular formula is C17H19FN2O. The van der Waals surface area contributed by atoms with E-state index in [0.717, 1.165) is 5.69 Å². The van der Waals surface area contributed by atoms with Crippen molar-refractivity contribution in [3.63, 3.8) is 0 Å². The second-order valence-corrected chi connectivity index (χ2v) is 4.98. The van der Waals surface area contributed by atoms with Gasteiger partial charge in [-0.2, -0.15) is 0 Å². The fourth-order valence-electron chi connectivity index (χ4n) is 2.04. The van der Waals surface area contributed by atoms with E-state index in [4.69, 9.17) is 0 Å². The third-order valence-electron chi connectivity index (χ3n) is 3.38. The molecule has 1 amide bonds. The molecule has 0 fully saturated rings. The van der Waals surface area contributed by atoms with Crippen LogP contribution in [0.15, 0.2) is 42.5 Å². The standard InChI is InChI=1S/C17H19FN2O/c1-12-5-3-8-16(13(12)2)19-10-9-17(21)20-15-7-4-6-14(18)11-15/h3-8,11,19H,9-10H2,1-2H3,(H,20,21). The number of halogens is 1. The average Bonchev–Trinajstić information content (AvgIpc) is 2.43. The summed E-state index contributed by atoms with van der Waals surface area (Å²) >= 11 is 0. The van der Waals surface area contributed by atoms with Crippen LogP contribution in [0.2, 0.25) is 0 Å². The third-order valence-corrected chi connectivity index (χ3v) is 3.38. The summed E-state index contributed by atoms with van der Waals surface area (Å²) in [5.74, 6) is -0.500. The Hall–Kier alpha value is -2.36. The smallest absolute Gasteiger partial charge is 0.226 e. The molecule has 0 aromatic heterocycles. The van der Waals surface area contributed by atoms with Gasteiger partial charge in [-0.1, -0.05) is 18.2 Å². The fraction of sp³-hybridized carbons (Fsp3) is 0.235. The minimum Gasteiger partial charge on any atom is -0.384 e. The number of rotatable bonds is 5. The number of carbonyl (C=O) groups excluding carboxylic acids is 1. The van der Waals surface area contributed by atoms with E-state index in [9.17, 15) is 9.18 Å². The predicted molar refractivity (Wildman–Crippen MR) is 84.1 cm³/mol. The van der Waals surface area contributed by atoms with E-state index in [1.54, 1.807) is 12.1 Å². The van der Waals surface area contributed by atoms with Crippen LogP contribution < -0.4 is 10.6 Å². The van der Waals surface area contributed by atoms with Gasteiger partial charge >= 0.3 is 0 Å². The molecule has 0 saturated carbocycles. The van der Waals surface area contributed by atoms with Gasteiger partial charge in [0.15, 0.2) is 0 Å². The van der Waals surface area contributed by atoms with E-state index in [-0.39, 0.29) is 11.7 Å². The summed E-state index contributed by atoms with van der Waals surface area (Å²) in [7, 11) is 0. The maximum atomic E-state index is 13.0. The van der Waals surface area contributed by atoms with Gasteiger partial charge in [0.05, 0.1) is 0 Å². The van der Waals surface area contributed by atoms with Crippen molar-refractivity contribution >= 4 is 17.3 Å². The Morgan fingerprint density at radius 2 is 1.90 bits per heavy atom. The van der Waals surface area contributed by atoms with Crippen molar-refractivity contribution in [2.45, 2.75) is 20.3 Å². The van der Waals surface area contributed by atoms with Crippen molar-refractivity contribution in [2.24, 2.45) is 0 Å². The lowest BCUT2D eigenvalue weighted by molar-refractivity contribution is -0.115. The molecule has 0 unspecified atom stereocenters. The van der Waals surface area contributed by atoms with Crippen molar-refractivity contribution in [1.29, 1.82) is 0 Å². The van der Waals surface area contributed by atoms with Gasteiger partial charge in [-0.3, -0.25) is 4.79 Å². The Balaban J connectivity index is 1.83. The Morgan fingerprint density at radius 1 is 1.14 bits per heavy atom. The summed E-state index contributed by atoms with van der Waals surface area (Å²) in [5.41, 5.74) is 3.91. The van der Waals surface area contributed by atoms with Crippen LogP contribution in [0.4, 0.5) is 15.8 Å². The van der Waals surface area contributed by atoms with Crippen molar-refractivity contribution in [3.8, 4) is 0 Å². The Morgan fingerprint density at radius 3 is 2.67 bits per heavy atom. The Bertz CT molecular complexity index is 640. The number of anilines is 2. The first kappa shape index (κ1) is 15.0. The third kappa shape index (κ3) is 4.31. The number of carbonyl (C=O) groups is 1. The molecule has 2 rings (SSSR count). The van der Waals surface area contributed by atoms with Gasteiger partial charge in [0.1, 0.15) is 5.82 Å². The zero-order chi connectivity index (χ0) is 15.2. The monoisotopic (exact) mass is 286 g/mol. The van der Waals surface area contributed by atoms with Crippen LogP contribution >= 0.6 is 0 Å². The van der Waals surface area contributed by atoms with Gasteiger partial charge in [-0.15, -0.1) is 0 Å². The van der Waals surface area contributed by atoms with Crippen LogP contribution in [0.3, 0.4) is 0 Å². The van der Waals surface area contributed by atoms with Gasteiger partial charge in [0.25, 0.3) is 0 Å². The second kappa shape index (κ2) is 6.88. The lowest BCUT2D eigenvalue weighted by Gasteiger charge is -2.11. The molecule has 0 radical (unpaired) electrons. The molecule has 3 nitrogen and oxygen atoms in total. The minimum absolute atomic E-state index is 0.140. The SMILES string of the molecule is Cc1cccc(NCCC(=O)Nc2cccc(F)c2)c1C. The molecule has 0 saturated heterocycles. The van der Waals surface area contributed by atoms with Crippen molar-refractivity contribution < 1.29 is 9.18 Å². The van der Waals surface area contributed by atoms with Gasteiger partial charge < -0.3 is 10.6 Å². The van der Waals surface area contributed by atoms with Gasteiger partial charge in [0.2, 0.25) is 5.91 Å². The average molecular weight is 286 g/mol. The number of amides is 1. The first-order valence-electron chi connectivity index (χ1n) is 6.92. The van der Waals surface area contributed by atoms with E-state index in [0.29, 0.717) is 18.7 Å². The summed E-state index contributed by atoms with van der Waals surface area (Å²) in [5, 5.41) is 5.92. The maximum Gasteiger partial charge on any atom is 0.226 e. The largest absolute Gasteiger partial charge is 0.384 e. The maximum absolute atomic E-state index is 13.0. The van der Waals surface area contributed by atoms with Gasteiger partial charge in [-0.05, 0) is 49.2 Å². The number of hydrogen-bond donors (Lipinski definition) is 2. The van der Waals surface area contributed by atoms with E-state index in [2.05, 4.69) is 23.6 Å². The molecule has 0 aliphatic rings. The molecule has 0 aliphatic carbocycles. The highest BCUT2D eigenvalue weighted by atomic mass is 19.1. The quantitative estimate of drug-likeness (QED) is 0.875. The molecule has 2 N–H and O–H groups in total. The highest BCUT2D eigenvalue weighted by Gasteiger charge is 2.04. The number of aryl methyl sites for hydroxylation is 1. The molecule has 110 valence electrons. The molecule has 4 heteroatoms. The van der Waals surface area contributed by atoms with Gasteiger partial charge in [-0.25, -0.2) is 4.39 Å². The van der Waals surface area contributed by atoms with E-state index < -0.39 is 0 Å². The molecule has 0 atom stereocenters. The van der Waals surface area contributed by atoms with Crippen LogP contribution in [0.5, 0.6) is 0 Å². The van der Waals surface area contributed by atoms with E-state index in [1.807, 2.05) is 19.1 Å². The zero-order valence-corrected chi connectivity index (χ0v) is 12.2. The molecular weight excluding hydrogens is 267 g/mol. The van der Waals surface area contributed by atoms with Crippen LogP contribution in [0, 0.1) is 19.7 Å². The summed E-state index contributed by atoms with van der Waals surface area (Å²) in [6.45, 7) is 4.63. The van der Waals surface area contributed by atoms with Crippen molar-refractivity contribution in [3.05, 3.63) is 59.4 Å². The predicted octanol–water partition coefficient (Wildman–Crippen LogP) is 3.88. The topological polar surface area (TPSA) is 41.1 Å². The summed E-state index contributed by atoms with van der Waals surface area (Å²) in [4.78, 5) is 11.8. The van der Waals surface area contributed by atoms with Crippen LogP contribution in [-0.2, 0) is 4.79 Å². The lowest BCUT2D eigenvalue weighted by Crippen LogP contribution is -2.16. The van der Waals surface area contributed by atoms with E-state index in [1.165, 1.54) is 23.3 Å². The minimum atomic E-state index is -0.360. The highest BCUT2D eigenvalue weighted by molar-refractivity contribution is 5.90. The molecule has 0 aliphatic heterocycles. The summed E-state index contributed by atoms with van der Waals surface area (Å²) in [6.07, 6.45) is 0.323. The Kier molecular flexibility index (Phi) is 4.93. The summed E-state index contributed by atoms with van der Waals surface area (Å²) < 4.78 is 13.0. The van der Waals surface area contributed by atoms with Crippen molar-refractivity contribution in [2.75, 3.05) is 17.2 Å². The number of benzene rings is 2. The van der Waals surface area contributed by atoms with Gasteiger partial charge in [0, 0.05) is 24.3 Å². The van der Waals surface area contributed by atoms with Crippen molar-refractivity contribution in [1.82, 2.24) is 0 Å². The summed E-state index contributed by atoms with van der Waals surface area (Å²) in [6, 6.07) is 11.9. The van der Waals surface area contributed by atoms with Crippen LogP contribution in [0.1, 0.15) is 17.5 Å². The molecule has 21 heavy (non-hydrogen) atoms. The highest BCUT2D eigenvalue weighted by Crippen LogP contribution is 2.17. The zero-order valence-electron chi connectivity index (χ0n) is 12.2. The first-order valence-corrected chi connectivity index (χ1v) is 6.92. The van der Waals surface area contributed by atoms with Crippen LogP contribution in [-0.4, -0.2) is 12.5 Å². The number of nitrogens with one attached hydrogen (secondary N) is 2. The lowest BCUT2D eigenvalue weighted by atomic mass is 10.1. The fourth-order valence-corrected chi connectivity index (χ4v) is 2.04. The second-order valence-electron chi connectivity index (χ2n) is 4.98. The van der Waals surface area contributed by atoms with E-state index >= 15 is 0 Å². The van der Waals surface area contributed by atoms with Crippen LogP contribution in [0.25, 0.3) is 0 Å². The molecule has 2 aromatic carbocycles. The first-order chi connectivity index (χ1) is 10.1. The Labute approximate surface area is 124 Å². The molecule has 0 bridgehead atoms. The molecule has 2 aromatic rings. The normalized spacial score (nSPS) is 10.2.